The normalized spacial score (nSPS) is 16.1. The summed E-state index contributed by atoms with van der Waals surface area (Å²) >= 11 is 0. The summed E-state index contributed by atoms with van der Waals surface area (Å²) in [4.78, 5) is 14.6. The quantitative estimate of drug-likeness (QED) is 0.844. The predicted octanol–water partition coefficient (Wildman–Crippen LogP) is 2.15. The highest BCUT2D eigenvalue weighted by molar-refractivity contribution is 6.03. The van der Waals surface area contributed by atoms with E-state index in [1.165, 1.54) is 5.56 Å². The van der Waals surface area contributed by atoms with Gasteiger partial charge in [0.05, 0.1) is 17.9 Å². The fraction of sp³-hybridized carbons (Fsp3) is 0.474. The number of rotatable bonds is 6. The molecule has 2 heterocycles. The Morgan fingerprint density at radius 1 is 1.28 bits per heavy atom. The van der Waals surface area contributed by atoms with Crippen molar-refractivity contribution in [2.24, 2.45) is 0 Å². The van der Waals surface area contributed by atoms with Crippen LogP contribution in [0.25, 0.3) is 0 Å². The Bertz CT molecular complexity index is 688. The van der Waals surface area contributed by atoms with E-state index in [1.807, 2.05) is 19.1 Å². The molecule has 0 aliphatic carbocycles. The van der Waals surface area contributed by atoms with Gasteiger partial charge in [-0.25, -0.2) is 0 Å². The SMILES string of the molecule is CCn1cc(C(=O)Nc2ccc(CCN3CCC(O)CC3)cc2)cn1. The number of likely N-dealkylation sites (tertiary alicyclic amines) is 1. The summed E-state index contributed by atoms with van der Waals surface area (Å²) in [7, 11) is 0. The number of aryl methyl sites for hydroxylation is 1. The van der Waals surface area contributed by atoms with Gasteiger partial charge in [0, 0.05) is 38.1 Å². The van der Waals surface area contributed by atoms with E-state index in [0.717, 1.165) is 51.1 Å². The van der Waals surface area contributed by atoms with Crippen LogP contribution in [0.3, 0.4) is 0 Å². The van der Waals surface area contributed by atoms with Gasteiger partial charge in [0.15, 0.2) is 0 Å². The minimum atomic E-state index is -0.140. The monoisotopic (exact) mass is 342 g/mol. The van der Waals surface area contributed by atoms with Crippen LogP contribution in [0.4, 0.5) is 5.69 Å². The van der Waals surface area contributed by atoms with E-state index in [9.17, 15) is 9.90 Å². The molecule has 0 saturated carbocycles. The Labute approximate surface area is 148 Å². The maximum absolute atomic E-state index is 12.2. The number of aliphatic hydroxyl groups is 1. The zero-order chi connectivity index (χ0) is 17.6. The first-order chi connectivity index (χ1) is 12.1. The van der Waals surface area contributed by atoms with Crippen LogP contribution in [0, 0.1) is 0 Å². The number of amides is 1. The molecule has 0 radical (unpaired) electrons. The average molecular weight is 342 g/mol. The molecule has 1 saturated heterocycles. The van der Waals surface area contributed by atoms with E-state index < -0.39 is 0 Å². The van der Waals surface area contributed by atoms with Crippen LogP contribution < -0.4 is 5.32 Å². The van der Waals surface area contributed by atoms with E-state index in [0.29, 0.717) is 5.56 Å². The highest BCUT2D eigenvalue weighted by atomic mass is 16.3. The van der Waals surface area contributed by atoms with E-state index in [2.05, 4.69) is 27.4 Å². The lowest BCUT2D eigenvalue weighted by Crippen LogP contribution is -2.37. The van der Waals surface area contributed by atoms with E-state index in [1.54, 1.807) is 17.1 Å². The number of nitrogens with zero attached hydrogens (tertiary/aromatic N) is 3. The number of carbonyl (C=O) groups excluding carboxylic acids is 1. The Morgan fingerprint density at radius 2 is 2.00 bits per heavy atom. The molecule has 1 fully saturated rings. The second-order valence-corrected chi connectivity index (χ2v) is 6.56. The molecule has 3 rings (SSSR count). The van der Waals surface area contributed by atoms with E-state index >= 15 is 0 Å². The molecular weight excluding hydrogens is 316 g/mol. The number of aromatic nitrogens is 2. The van der Waals surface area contributed by atoms with Crippen LogP contribution in [0.15, 0.2) is 36.7 Å². The number of anilines is 1. The molecule has 2 N–H and O–H groups in total. The molecule has 1 aliphatic rings. The van der Waals surface area contributed by atoms with Crippen molar-refractivity contribution in [3.8, 4) is 0 Å². The first-order valence-electron chi connectivity index (χ1n) is 8.97. The fourth-order valence-electron chi connectivity index (χ4n) is 3.04. The third kappa shape index (κ3) is 4.90. The zero-order valence-corrected chi connectivity index (χ0v) is 14.7. The van der Waals surface area contributed by atoms with Crippen LogP contribution >= 0.6 is 0 Å². The topological polar surface area (TPSA) is 70.4 Å². The molecule has 25 heavy (non-hydrogen) atoms. The highest BCUT2D eigenvalue weighted by Crippen LogP contribution is 2.14. The van der Waals surface area contributed by atoms with Gasteiger partial charge in [-0.1, -0.05) is 12.1 Å². The number of hydrogen-bond donors (Lipinski definition) is 2. The van der Waals surface area contributed by atoms with Gasteiger partial charge in [0.25, 0.3) is 5.91 Å². The molecule has 1 amide bonds. The van der Waals surface area contributed by atoms with Gasteiger partial charge in [0.1, 0.15) is 0 Å². The largest absolute Gasteiger partial charge is 0.393 e. The van der Waals surface area contributed by atoms with Gasteiger partial charge < -0.3 is 15.3 Å². The summed E-state index contributed by atoms with van der Waals surface area (Å²) in [5, 5.41) is 16.6. The Morgan fingerprint density at radius 3 is 2.64 bits per heavy atom. The predicted molar refractivity (Wildman–Crippen MR) is 97.7 cm³/mol. The molecule has 2 aromatic rings. The minimum absolute atomic E-state index is 0.122. The van der Waals surface area contributed by atoms with Gasteiger partial charge in [-0.05, 0) is 43.9 Å². The maximum Gasteiger partial charge on any atom is 0.258 e. The lowest BCUT2D eigenvalue weighted by Gasteiger charge is -2.29. The van der Waals surface area contributed by atoms with Crippen LogP contribution in [0.2, 0.25) is 0 Å². The molecule has 0 spiro atoms. The van der Waals surface area contributed by atoms with Crippen LogP contribution in [0.1, 0.15) is 35.7 Å². The summed E-state index contributed by atoms with van der Waals surface area (Å²) in [6.07, 6.45) is 5.94. The molecule has 6 heteroatoms. The molecule has 6 nitrogen and oxygen atoms in total. The number of benzene rings is 1. The van der Waals surface area contributed by atoms with Gasteiger partial charge in [0.2, 0.25) is 0 Å². The highest BCUT2D eigenvalue weighted by Gasteiger charge is 2.16. The number of nitrogens with one attached hydrogen (secondary N) is 1. The first kappa shape index (κ1) is 17.6. The third-order valence-corrected chi connectivity index (χ3v) is 4.71. The van der Waals surface area contributed by atoms with Gasteiger partial charge in [-0.3, -0.25) is 9.48 Å². The Hall–Kier alpha value is -2.18. The fourth-order valence-corrected chi connectivity index (χ4v) is 3.04. The number of hydrogen-bond acceptors (Lipinski definition) is 4. The van der Waals surface area contributed by atoms with Crippen molar-refractivity contribution in [1.29, 1.82) is 0 Å². The number of piperidine rings is 1. The van der Waals surface area contributed by atoms with Gasteiger partial charge in [-0.15, -0.1) is 0 Å². The van der Waals surface area contributed by atoms with Crippen molar-refractivity contribution in [2.45, 2.75) is 38.8 Å². The smallest absolute Gasteiger partial charge is 0.258 e. The van der Waals surface area contributed by atoms with Crippen LogP contribution in [0.5, 0.6) is 0 Å². The number of carbonyl (C=O) groups is 1. The molecule has 1 aromatic carbocycles. The summed E-state index contributed by atoms with van der Waals surface area (Å²) in [6.45, 7) is 5.69. The number of aliphatic hydroxyl groups excluding tert-OH is 1. The van der Waals surface area contributed by atoms with Crippen molar-refractivity contribution < 1.29 is 9.90 Å². The minimum Gasteiger partial charge on any atom is -0.393 e. The van der Waals surface area contributed by atoms with Crippen molar-refractivity contribution in [3.63, 3.8) is 0 Å². The molecule has 134 valence electrons. The van der Waals surface area contributed by atoms with Crippen molar-refractivity contribution in [1.82, 2.24) is 14.7 Å². The molecule has 0 unspecified atom stereocenters. The molecule has 0 atom stereocenters. The molecule has 0 bridgehead atoms. The second kappa shape index (κ2) is 8.27. The van der Waals surface area contributed by atoms with Crippen LogP contribution in [-0.2, 0) is 13.0 Å². The zero-order valence-electron chi connectivity index (χ0n) is 14.7. The average Bonchev–Trinajstić information content (AvgIpc) is 3.12. The van der Waals surface area contributed by atoms with Gasteiger partial charge >= 0.3 is 0 Å². The second-order valence-electron chi connectivity index (χ2n) is 6.56. The summed E-state index contributed by atoms with van der Waals surface area (Å²) in [5.74, 6) is -0.140. The van der Waals surface area contributed by atoms with Crippen molar-refractivity contribution >= 4 is 11.6 Å². The summed E-state index contributed by atoms with van der Waals surface area (Å²) < 4.78 is 1.73. The Balaban J connectivity index is 1.49. The lowest BCUT2D eigenvalue weighted by molar-refractivity contribution is 0.0832. The standard InChI is InChI=1S/C19H26N4O2/c1-2-23-14-16(13-20-23)19(25)21-17-5-3-15(4-6-17)7-10-22-11-8-18(24)9-12-22/h3-6,13-14,18,24H,2,7-12H2,1H3,(H,21,25). The maximum atomic E-state index is 12.2. The summed E-state index contributed by atoms with van der Waals surface area (Å²) in [6, 6.07) is 8.00. The van der Waals surface area contributed by atoms with Crippen molar-refractivity contribution in [2.75, 3.05) is 25.0 Å². The summed E-state index contributed by atoms with van der Waals surface area (Å²) in [5.41, 5.74) is 2.61. The van der Waals surface area contributed by atoms with Gasteiger partial charge in [-0.2, -0.15) is 5.10 Å². The Kier molecular flexibility index (Phi) is 5.83. The first-order valence-corrected chi connectivity index (χ1v) is 8.97. The van der Waals surface area contributed by atoms with E-state index in [4.69, 9.17) is 0 Å². The van der Waals surface area contributed by atoms with E-state index in [-0.39, 0.29) is 12.0 Å². The van der Waals surface area contributed by atoms with Crippen LogP contribution in [-0.4, -0.2) is 51.4 Å². The lowest BCUT2D eigenvalue weighted by atomic mass is 10.1. The third-order valence-electron chi connectivity index (χ3n) is 4.71. The molecular formula is C19H26N4O2. The molecule has 1 aromatic heterocycles. The van der Waals surface area contributed by atoms with Crippen molar-refractivity contribution in [3.05, 3.63) is 47.8 Å². The molecule has 1 aliphatic heterocycles.